The molecule has 0 aliphatic carbocycles. The number of ether oxygens (including phenoxy) is 1. The zero-order chi connectivity index (χ0) is 11.7. The molecule has 0 spiro atoms. The minimum Gasteiger partial charge on any atom is -0.381 e. The van der Waals surface area contributed by atoms with Gasteiger partial charge < -0.3 is 4.74 Å². The first kappa shape index (κ1) is 12.6. The van der Waals surface area contributed by atoms with Crippen molar-refractivity contribution in [1.29, 1.82) is 0 Å². The van der Waals surface area contributed by atoms with Gasteiger partial charge in [0.1, 0.15) is 5.82 Å². The van der Waals surface area contributed by atoms with E-state index >= 15 is 0 Å². The summed E-state index contributed by atoms with van der Waals surface area (Å²) >= 11 is 15.4. The van der Waals surface area contributed by atoms with Crippen molar-refractivity contribution in [1.82, 2.24) is 0 Å². The average molecular weight is 328 g/mol. The maximum Gasteiger partial charge on any atom is 0.129 e. The predicted octanol–water partition coefficient (Wildman–Crippen LogP) is 4.56. The lowest BCUT2D eigenvalue weighted by atomic mass is 9.98. The van der Waals surface area contributed by atoms with Crippen LogP contribution in [0.4, 0.5) is 4.39 Å². The van der Waals surface area contributed by atoms with Crippen LogP contribution in [0.25, 0.3) is 0 Å². The fourth-order valence-electron chi connectivity index (χ4n) is 1.79. The van der Waals surface area contributed by atoms with Gasteiger partial charge in [0, 0.05) is 22.6 Å². The lowest BCUT2D eigenvalue weighted by Crippen LogP contribution is -2.09. The van der Waals surface area contributed by atoms with Gasteiger partial charge in [-0.25, -0.2) is 4.39 Å². The Balaban J connectivity index is 2.28. The number of alkyl halides is 1. The van der Waals surface area contributed by atoms with Crippen LogP contribution in [0.3, 0.4) is 0 Å². The summed E-state index contributed by atoms with van der Waals surface area (Å²) in [5, 5.41) is 0.0917. The minimum atomic E-state index is -0.381. The summed E-state index contributed by atoms with van der Waals surface area (Å²) in [6.45, 7) is 1.28. The highest BCUT2D eigenvalue weighted by atomic mass is 79.9. The van der Waals surface area contributed by atoms with E-state index in [1.54, 1.807) is 6.07 Å². The van der Waals surface area contributed by atoms with Crippen LogP contribution in [0.5, 0.6) is 0 Å². The van der Waals surface area contributed by atoms with Crippen molar-refractivity contribution >= 4 is 39.1 Å². The number of halogens is 4. The third-order valence-corrected chi connectivity index (χ3v) is 4.50. The first-order valence-corrected chi connectivity index (χ1v) is 6.56. The lowest BCUT2D eigenvalue weighted by Gasteiger charge is -2.17. The van der Waals surface area contributed by atoms with E-state index in [2.05, 4.69) is 15.9 Å². The van der Waals surface area contributed by atoms with Gasteiger partial charge in [0.2, 0.25) is 0 Å². The zero-order valence-electron chi connectivity index (χ0n) is 8.35. The van der Waals surface area contributed by atoms with Crippen LogP contribution in [0, 0.1) is 11.7 Å². The second-order valence-corrected chi connectivity index (χ2v) is 5.54. The Bertz CT molecular complexity index is 394. The maximum atomic E-state index is 13.7. The summed E-state index contributed by atoms with van der Waals surface area (Å²) < 4.78 is 19.5. The van der Waals surface area contributed by atoms with Gasteiger partial charge in [0.15, 0.2) is 0 Å². The van der Waals surface area contributed by atoms with Gasteiger partial charge in [-0.2, -0.15) is 0 Å². The molecule has 0 N–H and O–H groups in total. The molecule has 1 fully saturated rings. The number of hydrogen-bond acceptors (Lipinski definition) is 1. The van der Waals surface area contributed by atoms with Crippen LogP contribution in [0.2, 0.25) is 5.02 Å². The molecule has 5 heteroatoms. The summed E-state index contributed by atoms with van der Waals surface area (Å²) in [5.41, 5.74) is 0.449. The molecule has 0 amide bonds. The molecule has 1 heterocycles. The third kappa shape index (κ3) is 2.53. The van der Waals surface area contributed by atoms with Crippen LogP contribution < -0.4 is 0 Å². The first-order valence-electron chi connectivity index (χ1n) is 4.96. The molecule has 2 unspecified atom stereocenters. The molecule has 16 heavy (non-hydrogen) atoms. The molecule has 88 valence electrons. The Morgan fingerprint density at radius 3 is 2.88 bits per heavy atom. The van der Waals surface area contributed by atoms with Crippen molar-refractivity contribution in [2.45, 2.75) is 11.8 Å². The van der Waals surface area contributed by atoms with Crippen LogP contribution in [-0.4, -0.2) is 13.2 Å². The number of rotatable bonds is 2. The maximum absolute atomic E-state index is 13.7. The third-order valence-electron chi connectivity index (χ3n) is 2.72. The van der Waals surface area contributed by atoms with Crippen LogP contribution in [-0.2, 0) is 4.74 Å². The molecule has 0 radical (unpaired) electrons. The highest BCUT2D eigenvalue weighted by Crippen LogP contribution is 2.38. The van der Waals surface area contributed by atoms with Crippen LogP contribution in [0.15, 0.2) is 16.6 Å². The van der Waals surface area contributed by atoms with Gasteiger partial charge in [-0.3, -0.25) is 0 Å². The molecule has 1 aliphatic heterocycles. The normalized spacial score (nSPS) is 22.4. The van der Waals surface area contributed by atoms with E-state index in [0.717, 1.165) is 6.42 Å². The fraction of sp³-hybridized carbons (Fsp3) is 0.455. The van der Waals surface area contributed by atoms with E-state index in [0.29, 0.717) is 28.3 Å². The lowest BCUT2D eigenvalue weighted by molar-refractivity contribution is 0.185. The van der Waals surface area contributed by atoms with Gasteiger partial charge in [-0.15, -0.1) is 11.6 Å². The largest absolute Gasteiger partial charge is 0.381 e. The number of hydrogen-bond donors (Lipinski definition) is 0. The Kier molecular flexibility index (Phi) is 4.11. The first-order chi connectivity index (χ1) is 7.59. The molecule has 1 aromatic carbocycles. The van der Waals surface area contributed by atoms with E-state index in [1.807, 2.05) is 0 Å². The SMILES string of the molecule is Fc1cc(Br)c(Cl)cc1C(Cl)C1CCOC1. The van der Waals surface area contributed by atoms with Gasteiger partial charge in [-0.1, -0.05) is 11.6 Å². The summed E-state index contributed by atoms with van der Waals surface area (Å²) in [5.74, 6) is -0.170. The fourth-order valence-corrected chi connectivity index (χ4v) is 2.64. The molecule has 1 aromatic rings. The van der Waals surface area contributed by atoms with Crippen LogP contribution in [0.1, 0.15) is 17.4 Å². The van der Waals surface area contributed by atoms with E-state index in [9.17, 15) is 4.39 Å². The predicted molar refractivity (Wildman–Crippen MR) is 66.6 cm³/mol. The van der Waals surface area contributed by atoms with E-state index in [-0.39, 0.29) is 17.1 Å². The highest BCUT2D eigenvalue weighted by molar-refractivity contribution is 9.10. The van der Waals surface area contributed by atoms with E-state index in [4.69, 9.17) is 27.9 Å². The Hall–Kier alpha value is 0.170. The minimum absolute atomic E-state index is 0.161. The van der Waals surface area contributed by atoms with E-state index in [1.165, 1.54) is 6.07 Å². The molecule has 2 rings (SSSR count). The Morgan fingerprint density at radius 2 is 2.25 bits per heavy atom. The molecule has 1 aliphatic rings. The van der Waals surface area contributed by atoms with Gasteiger partial charge >= 0.3 is 0 Å². The molecular formula is C11H10BrCl2FO. The standard InChI is InChI=1S/C11H10BrCl2FO/c12-8-4-10(15)7(3-9(8)13)11(14)6-1-2-16-5-6/h3-4,6,11H,1-2,5H2. The molecule has 2 atom stereocenters. The smallest absolute Gasteiger partial charge is 0.129 e. The Labute approximate surface area is 112 Å². The summed E-state index contributed by atoms with van der Waals surface area (Å²) in [6.07, 6.45) is 0.862. The molecule has 0 saturated carbocycles. The quantitative estimate of drug-likeness (QED) is 0.571. The van der Waals surface area contributed by atoms with Gasteiger partial charge in [0.25, 0.3) is 0 Å². The van der Waals surface area contributed by atoms with Crippen molar-refractivity contribution in [2.24, 2.45) is 5.92 Å². The van der Waals surface area contributed by atoms with Crippen LogP contribution >= 0.6 is 39.1 Å². The van der Waals surface area contributed by atoms with Crippen molar-refractivity contribution < 1.29 is 9.13 Å². The molecule has 1 nitrogen and oxygen atoms in total. The van der Waals surface area contributed by atoms with E-state index < -0.39 is 0 Å². The van der Waals surface area contributed by atoms with Crippen molar-refractivity contribution in [3.63, 3.8) is 0 Å². The zero-order valence-corrected chi connectivity index (χ0v) is 11.4. The second kappa shape index (κ2) is 5.21. The van der Waals surface area contributed by atoms with Crippen molar-refractivity contribution in [3.05, 3.63) is 33.0 Å². The second-order valence-electron chi connectivity index (χ2n) is 3.81. The monoisotopic (exact) mass is 326 g/mol. The highest BCUT2D eigenvalue weighted by Gasteiger charge is 2.27. The summed E-state index contributed by atoms with van der Waals surface area (Å²) in [6, 6.07) is 2.93. The molecule has 0 aromatic heterocycles. The van der Waals surface area contributed by atoms with Crippen molar-refractivity contribution in [3.8, 4) is 0 Å². The van der Waals surface area contributed by atoms with Gasteiger partial charge in [-0.05, 0) is 34.5 Å². The summed E-state index contributed by atoms with van der Waals surface area (Å²) in [7, 11) is 0. The number of benzene rings is 1. The van der Waals surface area contributed by atoms with Crippen molar-refractivity contribution in [2.75, 3.05) is 13.2 Å². The topological polar surface area (TPSA) is 9.23 Å². The molecule has 0 bridgehead atoms. The average Bonchev–Trinajstić information content (AvgIpc) is 2.75. The molecule has 1 saturated heterocycles. The van der Waals surface area contributed by atoms with Gasteiger partial charge in [0.05, 0.1) is 17.0 Å². The molecular weight excluding hydrogens is 318 g/mol. The summed E-state index contributed by atoms with van der Waals surface area (Å²) in [4.78, 5) is 0. The Morgan fingerprint density at radius 1 is 1.50 bits per heavy atom.